The van der Waals surface area contributed by atoms with Crippen LogP contribution < -0.4 is 5.73 Å². The smallest absolute Gasteiger partial charge is 0.418 e. The molecule has 2 aromatic carbocycles. The van der Waals surface area contributed by atoms with Gasteiger partial charge >= 0.3 is 6.09 Å². The zero-order chi connectivity index (χ0) is 17.3. The van der Waals surface area contributed by atoms with Gasteiger partial charge in [-0.2, -0.15) is 0 Å². The van der Waals surface area contributed by atoms with Gasteiger partial charge in [0.2, 0.25) is 0 Å². The molecular formula is C20H22N2O2. The highest BCUT2D eigenvalue weighted by molar-refractivity contribution is 5.92. The topological polar surface area (TPSA) is 57.2 Å². The van der Waals surface area contributed by atoms with Crippen LogP contribution in [-0.4, -0.2) is 16.3 Å². The first-order valence-electron chi connectivity index (χ1n) is 8.01. The van der Waals surface area contributed by atoms with Crippen LogP contribution in [0.5, 0.6) is 0 Å². The van der Waals surface area contributed by atoms with E-state index in [1.807, 2.05) is 75.4 Å². The van der Waals surface area contributed by atoms with Crippen LogP contribution >= 0.6 is 0 Å². The van der Waals surface area contributed by atoms with Crippen molar-refractivity contribution in [3.63, 3.8) is 0 Å². The molecule has 0 spiro atoms. The number of hydrogen-bond acceptors (Lipinski definition) is 3. The summed E-state index contributed by atoms with van der Waals surface area (Å²) < 4.78 is 7.00. The highest BCUT2D eigenvalue weighted by Gasteiger charge is 2.20. The number of carbonyl (C=O) groups excluding carboxylic acids is 1. The molecular weight excluding hydrogens is 300 g/mol. The van der Waals surface area contributed by atoms with Crippen LogP contribution in [0.3, 0.4) is 0 Å². The lowest BCUT2D eigenvalue weighted by Crippen LogP contribution is -2.26. The van der Waals surface area contributed by atoms with Crippen molar-refractivity contribution < 1.29 is 9.53 Å². The van der Waals surface area contributed by atoms with Crippen LogP contribution in [0.15, 0.2) is 60.8 Å². The SMILES string of the molecule is CC(C)(C)OC(=O)n1ccc2c(C(N)c3ccccc3)cccc21. The number of aromatic nitrogens is 1. The number of hydrogen-bond donors (Lipinski definition) is 1. The first kappa shape index (κ1) is 16.3. The first-order valence-corrected chi connectivity index (χ1v) is 8.01. The van der Waals surface area contributed by atoms with E-state index in [0.717, 1.165) is 22.0 Å². The predicted octanol–water partition coefficient (Wildman–Crippen LogP) is 4.47. The Hall–Kier alpha value is -2.59. The molecule has 0 saturated heterocycles. The average Bonchev–Trinajstić information content (AvgIpc) is 2.97. The van der Waals surface area contributed by atoms with Crippen molar-refractivity contribution in [2.24, 2.45) is 5.73 Å². The molecule has 1 atom stereocenters. The molecule has 1 unspecified atom stereocenters. The first-order chi connectivity index (χ1) is 11.4. The third kappa shape index (κ3) is 3.19. The summed E-state index contributed by atoms with van der Waals surface area (Å²) >= 11 is 0. The molecule has 2 N–H and O–H groups in total. The molecule has 3 aromatic rings. The van der Waals surface area contributed by atoms with Gasteiger partial charge in [-0.05, 0) is 44.0 Å². The molecule has 0 radical (unpaired) electrons. The van der Waals surface area contributed by atoms with Gasteiger partial charge in [-0.25, -0.2) is 4.79 Å². The highest BCUT2D eigenvalue weighted by Crippen LogP contribution is 2.28. The summed E-state index contributed by atoms with van der Waals surface area (Å²) in [6.45, 7) is 5.56. The Kier molecular flexibility index (Phi) is 4.16. The third-order valence-corrected chi connectivity index (χ3v) is 3.85. The normalized spacial score (nSPS) is 13.0. The Morgan fingerprint density at radius 2 is 1.75 bits per heavy atom. The maximum absolute atomic E-state index is 12.4. The van der Waals surface area contributed by atoms with Gasteiger partial charge in [0.1, 0.15) is 5.60 Å². The molecule has 0 aliphatic heterocycles. The van der Waals surface area contributed by atoms with Crippen molar-refractivity contribution in [2.45, 2.75) is 32.4 Å². The van der Waals surface area contributed by atoms with Gasteiger partial charge in [0.05, 0.1) is 11.6 Å². The van der Waals surface area contributed by atoms with E-state index in [2.05, 4.69) is 0 Å². The number of rotatable bonds is 2. The van der Waals surface area contributed by atoms with Crippen LogP contribution in [0.2, 0.25) is 0 Å². The van der Waals surface area contributed by atoms with Crippen LogP contribution in [0, 0.1) is 0 Å². The van der Waals surface area contributed by atoms with Gasteiger partial charge in [0.25, 0.3) is 0 Å². The zero-order valence-electron chi connectivity index (χ0n) is 14.2. The quantitative estimate of drug-likeness (QED) is 0.757. The van der Waals surface area contributed by atoms with Gasteiger partial charge < -0.3 is 10.5 Å². The minimum atomic E-state index is -0.536. The molecule has 0 amide bonds. The summed E-state index contributed by atoms with van der Waals surface area (Å²) in [5.41, 5.74) is 8.73. The average molecular weight is 322 g/mol. The van der Waals surface area contributed by atoms with E-state index in [4.69, 9.17) is 10.5 Å². The Morgan fingerprint density at radius 3 is 2.42 bits per heavy atom. The summed E-state index contributed by atoms with van der Waals surface area (Å²) in [4.78, 5) is 12.4. The molecule has 0 aliphatic rings. The maximum atomic E-state index is 12.4. The molecule has 124 valence electrons. The molecule has 1 aromatic heterocycles. The van der Waals surface area contributed by atoms with Gasteiger partial charge in [-0.15, -0.1) is 0 Å². The molecule has 0 fully saturated rings. The van der Waals surface area contributed by atoms with Crippen LogP contribution in [0.4, 0.5) is 4.79 Å². The van der Waals surface area contributed by atoms with Crippen molar-refractivity contribution in [1.82, 2.24) is 4.57 Å². The third-order valence-electron chi connectivity index (χ3n) is 3.85. The van der Waals surface area contributed by atoms with E-state index < -0.39 is 5.60 Å². The van der Waals surface area contributed by atoms with Gasteiger partial charge in [0.15, 0.2) is 0 Å². The van der Waals surface area contributed by atoms with Gasteiger partial charge in [-0.1, -0.05) is 42.5 Å². The van der Waals surface area contributed by atoms with Crippen molar-refractivity contribution in [3.05, 3.63) is 71.9 Å². The minimum Gasteiger partial charge on any atom is -0.443 e. The molecule has 4 heteroatoms. The van der Waals surface area contributed by atoms with E-state index >= 15 is 0 Å². The van der Waals surface area contributed by atoms with E-state index in [1.165, 1.54) is 4.57 Å². The van der Waals surface area contributed by atoms with Gasteiger partial charge in [-0.3, -0.25) is 4.57 Å². The Bertz CT molecular complexity index is 860. The number of benzene rings is 2. The second-order valence-corrected chi connectivity index (χ2v) is 6.83. The number of carbonyl (C=O) groups is 1. The zero-order valence-corrected chi connectivity index (χ0v) is 14.2. The monoisotopic (exact) mass is 322 g/mol. The number of nitrogens with two attached hydrogens (primary N) is 1. The molecule has 3 rings (SSSR count). The van der Waals surface area contributed by atoms with Crippen molar-refractivity contribution in [1.29, 1.82) is 0 Å². The molecule has 0 saturated carbocycles. The molecule has 1 heterocycles. The Labute approximate surface area is 141 Å². The van der Waals surface area contributed by atoms with E-state index in [0.29, 0.717) is 0 Å². The predicted molar refractivity (Wildman–Crippen MR) is 96.0 cm³/mol. The van der Waals surface area contributed by atoms with Crippen molar-refractivity contribution in [3.8, 4) is 0 Å². The van der Waals surface area contributed by atoms with Crippen molar-refractivity contribution in [2.75, 3.05) is 0 Å². The second-order valence-electron chi connectivity index (χ2n) is 6.83. The van der Waals surface area contributed by atoms with E-state index in [1.54, 1.807) is 6.20 Å². The molecule has 24 heavy (non-hydrogen) atoms. The van der Waals surface area contributed by atoms with Crippen LogP contribution in [-0.2, 0) is 4.74 Å². The molecule has 4 nitrogen and oxygen atoms in total. The van der Waals surface area contributed by atoms with E-state index in [9.17, 15) is 4.79 Å². The van der Waals surface area contributed by atoms with Crippen LogP contribution in [0.1, 0.15) is 37.9 Å². The summed E-state index contributed by atoms with van der Waals surface area (Å²) in [6.07, 6.45) is 1.35. The summed E-state index contributed by atoms with van der Waals surface area (Å²) in [6, 6.07) is 17.4. The Morgan fingerprint density at radius 1 is 1.04 bits per heavy atom. The lowest BCUT2D eigenvalue weighted by Gasteiger charge is -2.20. The fraction of sp³-hybridized carbons (Fsp3) is 0.250. The van der Waals surface area contributed by atoms with Gasteiger partial charge in [0, 0.05) is 11.6 Å². The van der Waals surface area contributed by atoms with E-state index in [-0.39, 0.29) is 12.1 Å². The lowest BCUT2D eigenvalue weighted by molar-refractivity contribution is 0.0544. The fourth-order valence-electron chi connectivity index (χ4n) is 2.77. The fourth-order valence-corrected chi connectivity index (χ4v) is 2.77. The maximum Gasteiger partial charge on any atom is 0.418 e. The summed E-state index contributed by atoms with van der Waals surface area (Å²) in [7, 11) is 0. The standard InChI is InChI=1S/C20H22N2O2/c1-20(2,3)24-19(23)22-13-12-15-16(10-7-11-17(15)22)18(21)14-8-5-4-6-9-14/h4-13,18H,21H2,1-3H3. The Balaban J connectivity index is 2.02. The molecule has 0 aliphatic carbocycles. The number of nitrogens with zero attached hydrogens (tertiary/aromatic N) is 1. The van der Waals surface area contributed by atoms with Crippen molar-refractivity contribution >= 4 is 17.0 Å². The molecule has 0 bridgehead atoms. The second kappa shape index (κ2) is 6.13. The lowest BCUT2D eigenvalue weighted by atomic mass is 9.97. The van der Waals surface area contributed by atoms with Crippen LogP contribution in [0.25, 0.3) is 10.9 Å². The largest absolute Gasteiger partial charge is 0.443 e. The number of fused-ring (bicyclic) bond motifs is 1. The summed E-state index contributed by atoms with van der Waals surface area (Å²) in [5, 5.41) is 0.958. The highest BCUT2D eigenvalue weighted by atomic mass is 16.6. The summed E-state index contributed by atoms with van der Waals surface area (Å²) in [5.74, 6) is 0. The minimum absolute atomic E-state index is 0.246. The number of ether oxygens (including phenoxy) is 1.